The molecule has 0 radical (unpaired) electrons. The molecule has 2 atom stereocenters. The topological polar surface area (TPSA) is 70.5 Å². The molecule has 0 aliphatic heterocycles. The molecule has 0 spiro atoms. The second-order valence-electron chi connectivity index (χ2n) is 5.98. The molecule has 0 aliphatic rings. The van der Waals surface area contributed by atoms with Crippen molar-refractivity contribution in [2.75, 3.05) is 0 Å². The van der Waals surface area contributed by atoms with Gasteiger partial charge in [-0.25, -0.2) is 0 Å². The Bertz CT molecular complexity index is 285. The predicted octanol–water partition coefficient (Wildman–Crippen LogP) is 5.21. The van der Waals surface area contributed by atoms with Crippen molar-refractivity contribution in [3.8, 4) is 0 Å². The van der Waals surface area contributed by atoms with Crippen LogP contribution in [0.15, 0.2) is 0 Å². The Labute approximate surface area is 160 Å². The first kappa shape index (κ1) is 25.6. The summed E-state index contributed by atoms with van der Waals surface area (Å²) in [6.07, 6.45) is 11.7. The van der Waals surface area contributed by atoms with Crippen molar-refractivity contribution in [1.29, 1.82) is 0 Å². The monoisotopic (exact) mass is 378 g/mol. The van der Waals surface area contributed by atoms with Gasteiger partial charge in [-0.05, 0) is 50.1 Å². The maximum Gasteiger partial charge on any atom is 0.254 e. The van der Waals surface area contributed by atoms with Gasteiger partial charge in [0.25, 0.3) is 10.3 Å². The highest BCUT2D eigenvalue weighted by Crippen LogP contribution is 2.11. The van der Waals surface area contributed by atoms with Crippen LogP contribution in [0, 0.1) is 0 Å². The number of nitrogens with two attached hydrogens (primary N) is 2. The van der Waals surface area contributed by atoms with Crippen molar-refractivity contribution in [3.63, 3.8) is 0 Å². The third-order valence-electron chi connectivity index (χ3n) is 3.55. The smallest absolute Gasteiger partial charge is 0.254 e. The normalized spacial score (nSPS) is 12.5. The summed E-state index contributed by atoms with van der Waals surface area (Å²) in [5, 5.41) is 0.370. The molecule has 0 bridgehead atoms. The second-order valence-corrected chi connectivity index (χ2v) is 6.78. The lowest BCUT2D eigenvalue weighted by Gasteiger charge is -2.16. The lowest BCUT2D eigenvalue weighted by atomic mass is 10.1. The van der Waals surface area contributed by atoms with E-state index in [4.69, 9.17) is 45.4 Å². The van der Waals surface area contributed by atoms with Crippen LogP contribution in [-0.2, 0) is 9.47 Å². The first-order valence-corrected chi connectivity index (χ1v) is 10.1. The minimum Gasteiger partial charge on any atom is -0.468 e. The van der Waals surface area contributed by atoms with Crippen LogP contribution in [0.25, 0.3) is 0 Å². The van der Waals surface area contributed by atoms with Gasteiger partial charge in [-0.2, -0.15) is 0 Å². The summed E-state index contributed by atoms with van der Waals surface area (Å²) >= 11 is 9.38. The molecule has 144 valence electrons. The summed E-state index contributed by atoms with van der Waals surface area (Å²) in [6.45, 7) is 8.62. The summed E-state index contributed by atoms with van der Waals surface area (Å²) in [5.41, 5.74) is 10.6. The van der Waals surface area contributed by atoms with Crippen molar-refractivity contribution in [2.45, 2.75) is 104 Å². The van der Waals surface area contributed by atoms with E-state index in [1.807, 2.05) is 0 Å². The van der Waals surface area contributed by atoms with Crippen LogP contribution in [0.2, 0.25) is 0 Å². The summed E-state index contributed by atoms with van der Waals surface area (Å²) in [6, 6.07) is 0. The molecule has 0 heterocycles. The van der Waals surface area contributed by atoms with E-state index in [9.17, 15) is 0 Å². The molecule has 4 N–H and O–H groups in total. The Morgan fingerprint density at radius 3 is 1.21 bits per heavy atom. The van der Waals surface area contributed by atoms with Crippen LogP contribution in [0.5, 0.6) is 0 Å². The molecule has 0 aliphatic carbocycles. The van der Waals surface area contributed by atoms with E-state index in [-0.39, 0.29) is 22.6 Å². The maximum absolute atomic E-state index is 5.30. The fourth-order valence-electron chi connectivity index (χ4n) is 2.36. The van der Waals surface area contributed by atoms with E-state index in [0.717, 1.165) is 38.5 Å². The molecule has 0 saturated heterocycles. The zero-order chi connectivity index (χ0) is 18.8. The third kappa shape index (κ3) is 19.4. The van der Waals surface area contributed by atoms with Crippen LogP contribution in [0.3, 0.4) is 0 Å². The molecular weight excluding hydrogens is 340 g/mol. The number of thiocarbonyl (C=S) groups is 2. The van der Waals surface area contributed by atoms with Gasteiger partial charge >= 0.3 is 0 Å². The lowest BCUT2D eigenvalue weighted by Crippen LogP contribution is -2.22. The van der Waals surface area contributed by atoms with Gasteiger partial charge in [-0.15, -0.1) is 0 Å². The largest absolute Gasteiger partial charge is 0.468 e. The maximum atomic E-state index is 5.30. The van der Waals surface area contributed by atoms with E-state index >= 15 is 0 Å². The van der Waals surface area contributed by atoms with Crippen molar-refractivity contribution < 1.29 is 9.47 Å². The molecule has 0 aromatic carbocycles. The van der Waals surface area contributed by atoms with Crippen LogP contribution in [0.1, 0.15) is 91.9 Å². The Hall–Kier alpha value is -0.620. The molecule has 0 amide bonds. The van der Waals surface area contributed by atoms with Crippen molar-refractivity contribution in [1.82, 2.24) is 0 Å². The van der Waals surface area contributed by atoms with Crippen LogP contribution >= 0.6 is 24.4 Å². The van der Waals surface area contributed by atoms with E-state index < -0.39 is 0 Å². The molecule has 0 aromatic heterocycles. The first-order valence-electron chi connectivity index (χ1n) is 9.33. The van der Waals surface area contributed by atoms with Crippen LogP contribution < -0.4 is 11.5 Å². The zero-order valence-electron chi connectivity index (χ0n) is 16.0. The van der Waals surface area contributed by atoms with E-state index in [2.05, 4.69) is 27.7 Å². The van der Waals surface area contributed by atoms with Gasteiger partial charge in [0.05, 0.1) is 0 Å². The number of unbranched alkanes of at least 4 members (excludes halogenated alkanes) is 2. The number of hydrogen-bond acceptors (Lipinski definition) is 4. The minimum atomic E-state index is 0.185. The summed E-state index contributed by atoms with van der Waals surface area (Å²) in [7, 11) is 0. The van der Waals surface area contributed by atoms with Crippen LogP contribution in [-0.4, -0.2) is 22.6 Å². The highest BCUT2D eigenvalue weighted by atomic mass is 32.1. The number of ether oxygens (including phenoxy) is 2. The van der Waals surface area contributed by atoms with Gasteiger partial charge in [0.2, 0.25) is 0 Å². The average Bonchev–Trinajstić information content (AvgIpc) is 2.50. The van der Waals surface area contributed by atoms with Crippen molar-refractivity contribution in [3.05, 3.63) is 0 Å². The fourth-order valence-corrected chi connectivity index (χ4v) is 2.63. The zero-order valence-corrected chi connectivity index (χ0v) is 17.6. The van der Waals surface area contributed by atoms with Gasteiger partial charge < -0.3 is 20.9 Å². The average molecular weight is 379 g/mol. The predicted molar refractivity (Wildman–Crippen MR) is 112 cm³/mol. The molecule has 0 aromatic rings. The molecule has 0 rings (SSSR count). The minimum absolute atomic E-state index is 0.185. The van der Waals surface area contributed by atoms with E-state index in [0.29, 0.717) is 0 Å². The van der Waals surface area contributed by atoms with E-state index in [1.54, 1.807) is 0 Å². The molecule has 0 fully saturated rings. The Morgan fingerprint density at radius 2 is 1.00 bits per heavy atom. The lowest BCUT2D eigenvalue weighted by molar-refractivity contribution is 0.166. The standard InChI is InChI=1S/2C9H19NOS/c2*1-3-5-7-8(6-4-2)11-9(10)12/h2*8H,3-7H2,1-2H3,(H2,10,12). The molecule has 4 nitrogen and oxygen atoms in total. The van der Waals surface area contributed by atoms with Crippen LogP contribution in [0.4, 0.5) is 0 Å². The van der Waals surface area contributed by atoms with Gasteiger partial charge in [0.1, 0.15) is 12.2 Å². The molecule has 2 unspecified atom stereocenters. The second kappa shape index (κ2) is 18.7. The van der Waals surface area contributed by atoms with Gasteiger partial charge in [0, 0.05) is 0 Å². The molecular formula is C18H38N2O2S2. The quantitative estimate of drug-likeness (QED) is 0.454. The van der Waals surface area contributed by atoms with Gasteiger partial charge in [-0.3, -0.25) is 0 Å². The summed E-state index contributed by atoms with van der Waals surface area (Å²) in [4.78, 5) is 0. The number of rotatable bonds is 12. The van der Waals surface area contributed by atoms with Gasteiger partial charge in [0.15, 0.2) is 0 Å². The van der Waals surface area contributed by atoms with E-state index in [1.165, 1.54) is 25.7 Å². The fraction of sp³-hybridized carbons (Fsp3) is 0.889. The summed E-state index contributed by atoms with van der Waals surface area (Å²) in [5.74, 6) is 0. The van der Waals surface area contributed by atoms with Crippen molar-refractivity contribution >= 4 is 34.8 Å². The third-order valence-corrected chi connectivity index (χ3v) is 3.74. The molecule has 24 heavy (non-hydrogen) atoms. The Morgan fingerprint density at radius 1 is 0.667 bits per heavy atom. The molecule has 6 heteroatoms. The number of hydrogen-bond donors (Lipinski definition) is 2. The first-order chi connectivity index (χ1) is 11.4. The summed E-state index contributed by atoms with van der Waals surface area (Å²) < 4.78 is 10.6. The highest BCUT2D eigenvalue weighted by Gasteiger charge is 2.09. The Kier molecular flexibility index (Phi) is 20.0. The Balaban J connectivity index is 0. The molecule has 0 saturated carbocycles. The SMILES string of the molecule is CCCCC(CCC)OC(N)=S.CCCCC(CCC)OC(N)=S. The highest BCUT2D eigenvalue weighted by molar-refractivity contribution is 7.80. The van der Waals surface area contributed by atoms with Crippen molar-refractivity contribution in [2.24, 2.45) is 11.5 Å². The van der Waals surface area contributed by atoms with Gasteiger partial charge in [-0.1, -0.05) is 66.2 Å².